The molecule has 1 saturated carbocycles. The minimum Gasteiger partial charge on any atom is -0.327 e. The molecule has 3 heteroatoms. The van der Waals surface area contributed by atoms with E-state index in [2.05, 4.69) is 25.1 Å². The molecule has 2 unspecified atom stereocenters. The number of nitrogens with two attached hydrogens (primary N) is 1. The van der Waals surface area contributed by atoms with Gasteiger partial charge in [-0.15, -0.1) is 0 Å². The maximum Gasteiger partial charge on any atom is 0.231 e. The summed E-state index contributed by atoms with van der Waals surface area (Å²) >= 11 is 0. The molecule has 3 rings (SSSR count). The minimum absolute atomic E-state index is 0.0225. The average Bonchev–Trinajstić information content (AvgIpc) is 2.47. The third-order valence-electron chi connectivity index (χ3n) is 4.82. The molecule has 1 heterocycles. The van der Waals surface area contributed by atoms with Crippen molar-refractivity contribution in [3.63, 3.8) is 0 Å². The Labute approximate surface area is 121 Å². The van der Waals surface area contributed by atoms with Crippen molar-refractivity contribution in [3.05, 3.63) is 29.3 Å². The van der Waals surface area contributed by atoms with Gasteiger partial charge in [-0.1, -0.05) is 31.0 Å². The van der Waals surface area contributed by atoms with E-state index >= 15 is 0 Å². The summed E-state index contributed by atoms with van der Waals surface area (Å²) in [6.45, 7) is 2.95. The van der Waals surface area contributed by atoms with Crippen molar-refractivity contribution < 1.29 is 4.79 Å². The van der Waals surface area contributed by atoms with Crippen LogP contribution in [0, 0.1) is 12.8 Å². The van der Waals surface area contributed by atoms with Crippen LogP contribution in [0.2, 0.25) is 0 Å². The molecule has 0 saturated heterocycles. The zero-order valence-corrected chi connectivity index (χ0v) is 12.3. The number of carbonyl (C=O) groups excluding carboxylic acids is 1. The number of carbonyl (C=O) groups is 1. The predicted molar refractivity (Wildman–Crippen MR) is 81.8 cm³/mol. The lowest BCUT2D eigenvalue weighted by Crippen LogP contribution is -2.47. The summed E-state index contributed by atoms with van der Waals surface area (Å²) in [4.78, 5) is 14.9. The summed E-state index contributed by atoms with van der Waals surface area (Å²) in [6.07, 6.45) is 6.39. The molecule has 2 atom stereocenters. The van der Waals surface area contributed by atoms with Crippen LogP contribution < -0.4 is 10.6 Å². The monoisotopic (exact) mass is 272 g/mol. The van der Waals surface area contributed by atoms with Crippen molar-refractivity contribution in [1.29, 1.82) is 0 Å². The van der Waals surface area contributed by atoms with E-state index < -0.39 is 0 Å². The maximum absolute atomic E-state index is 12.9. The molecule has 3 nitrogen and oxygen atoms in total. The van der Waals surface area contributed by atoms with E-state index in [0.717, 1.165) is 44.3 Å². The van der Waals surface area contributed by atoms with Crippen molar-refractivity contribution >= 4 is 11.6 Å². The van der Waals surface area contributed by atoms with Gasteiger partial charge in [0.2, 0.25) is 5.91 Å². The Bertz CT molecular complexity index is 512. The van der Waals surface area contributed by atoms with Gasteiger partial charge in [0, 0.05) is 18.3 Å². The fourth-order valence-corrected chi connectivity index (χ4v) is 3.73. The molecule has 1 aromatic carbocycles. The van der Waals surface area contributed by atoms with Crippen molar-refractivity contribution in [2.75, 3.05) is 11.4 Å². The molecule has 1 amide bonds. The Kier molecular flexibility index (Phi) is 3.79. The second kappa shape index (κ2) is 5.57. The molecule has 1 aromatic rings. The molecular formula is C17H24N2O. The van der Waals surface area contributed by atoms with Crippen LogP contribution in [0.4, 0.5) is 5.69 Å². The van der Waals surface area contributed by atoms with Gasteiger partial charge in [-0.3, -0.25) is 4.79 Å². The van der Waals surface area contributed by atoms with Gasteiger partial charge in [0.05, 0.1) is 5.92 Å². The first-order chi connectivity index (χ1) is 9.68. The van der Waals surface area contributed by atoms with Crippen molar-refractivity contribution in [2.45, 2.75) is 51.5 Å². The third-order valence-corrected chi connectivity index (χ3v) is 4.82. The van der Waals surface area contributed by atoms with Gasteiger partial charge < -0.3 is 10.6 Å². The molecule has 1 aliphatic heterocycles. The van der Waals surface area contributed by atoms with Crippen LogP contribution in [0.1, 0.15) is 43.2 Å². The van der Waals surface area contributed by atoms with Gasteiger partial charge in [0.15, 0.2) is 0 Å². The van der Waals surface area contributed by atoms with Crippen molar-refractivity contribution in [2.24, 2.45) is 11.7 Å². The number of hydrogen-bond acceptors (Lipinski definition) is 2. The average molecular weight is 272 g/mol. The quantitative estimate of drug-likeness (QED) is 0.854. The van der Waals surface area contributed by atoms with Crippen LogP contribution in [0.15, 0.2) is 18.2 Å². The highest BCUT2D eigenvalue weighted by atomic mass is 16.2. The van der Waals surface area contributed by atoms with E-state index in [4.69, 9.17) is 5.73 Å². The summed E-state index contributed by atoms with van der Waals surface area (Å²) in [5, 5.41) is 0. The summed E-state index contributed by atoms with van der Waals surface area (Å²) in [5.74, 6) is 0.279. The van der Waals surface area contributed by atoms with E-state index in [9.17, 15) is 4.79 Å². The zero-order valence-electron chi connectivity index (χ0n) is 12.3. The second-order valence-electron chi connectivity index (χ2n) is 6.23. The summed E-state index contributed by atoms with van der Waals surface area (Å²) in [6, 6.07) is 6.40. The lowest BCUT2D eigenvalue weighted by atomic mass is 9.83. The van der Waals surface area contributed by atoms with Crippen LogP contribution in [-0.4, -0.2) is 18.5 Å². The second-order valence-corrected chi connectivity index (χ2v) is 6.23. The largest absolute Gasteiger partial charge is 0.327 e. The van der Waals surface area contributed by atoms with E-state index in [1.165, 1.54) is 17.5 Å². The van der Waals surface area contributed by atoms with Gasteiger partial charge in [0.1, 0.15) is 0 Å². The topological polar surface area (TPSA) is 46.3 Å². The predicted octanol–water partition coefficient (Wildman–Crippen LogP) is 2.79. The highest BCUT2D eigenvalue weighted by Crippen LogP contribution is 2.34. The van der Waals surface area contributed by atoms with Crippen LogP contribution in [0.3, 0.4) is 0 Å². The molecule has 2 aliphatic rings. The number of anilines is 1. The van der Waals surface area contributed by atoms with E-state index in [1.54, 1.807) is 0 Å². The van der Waals surface area contributed by atoms with Gasteiger partial charge in [-0.25, -0.2) is 0 Å². The summed E-state index contributed by atoms with van der Waals surface area (Å²) < 4.78 is 0. The third kappa shape index (κ3) is 2.35. The van der Waals surface area contributed by atoms with Gasteiger partial charge in [-0.05, 0) is 43.7 Å². The number of rotatable bonds is 1. The van der Waals surface area contributed by atoms with Gasteiger partial charge in [-0.2, -0.15) is 0 Å². The number of fused-ring (bicyclic) bond motifs is 1. The lowest BCUT2D eigenvalue weighted by Gasteiger charge is -2.36. The Morgan fingerprint density at radius 2 is 2.05 bits per heavy atom. The highest BCUT2D eigenvalue weighted by Gasteiger charge is 2.34. The van der Waals surface area contributed by atoms with Crippen molar-refractivity contribution in [3.8, 4) is 0 Å². The fraction of sp³-hybridized carbons (Fsp3) is 0.588. The van der Waals surface area contributed by atoms with Gasteiger partial charge >= 0.3 is 0 Å². The number of nitrogens with zero attached hydrogens (tertiary/aromatic N) is 1. The molecule has 0 bridgehead atoms. The fourth-order valence-electron chi connectivity index (χ4n) is 3.73. The molecule has 108 valence electrons. The molecule has 2 N–H and O–H groups in total. The Morgan fingerprint density at radius 3 is 2.85 bits per heavy atom. The van der Waals surface area contributed by atoms with Crippen LogP contribution in [-0.2, 0) is 11.2 Å². The molecule has 1 fully saturated rings. The SMILES string of the molecule is Cc1cccc2c1N(C(=O)C1CCCCC1N)CCC2. The first-order valence-electron chi connectivity index (χ1n) is 7.84. The number of aryl methyl sites for hydroxylation is 2. The highest BCUT2D eigenvalue weighted by molar-refractivity contribution is 5.97. The molecule has 0 aromatic heterocycles. The Balaban J connectivity index is 1.90. The number of para-hydroxylation sites is 1. The molecule has 20 heavy (non-hydrogen) atoms. The standard InChI is InChI=1S/C17H24N2O/c1-12-6-4-7-13-8-5-11-19(16(12)13)17(20)14-9-2-3-10-15(14)18/h4,6-7,14-15H,2-3,5,8-11,18H2,1H3. The number of hydrogen-bond donors (Lipinski definition) is 1. The smallest absolute Gasteiger partial charge is 0.231 e. The maximum atomic E-state index is 12.9. The Morgan fingerprint density at radius 1 is 1.25 bits per heavy atom. The lowest BCUT2D eigenvalue weighted by molar-refractivity contribution is -0.123. The van der Waals surface area contributed by atoms with Crippen LogP contribution >= 0.6 is 0 Å². The number of benzene rings is 1. The van der Waals surface area contributed by atoms with E-state index in [-0.39, 0.29) is 17.9 Å². The molecular weight excluding hydrogens is 248 g/mol. The van der Waals surface area contributed by atoms with E-state index in [0.29, 0.717) is 0 Å². The van der Waals surface area contributed by atoms with Crippen LogP contribution in [0.5, 0.6) is 0 Å². The zero-order chi connectivity index (χ0) is 14.1. The normalized spacial score (nSPS) is 26.2. The first-order valence-corrected chi connectivity index (χ1v) is 7.84. The Hall–Kier alpha value is -1.35. The number of amides is 1. The first kappa shape index (κ1) is 13.6. The van der Waals surface area contributed by atoms with Crippen LogP contribution in [0.25, 0.3) is 0 Å². The summed E-state index contributed by atoms with van der Waals surface area (Å²) in [5.41, 5.74) is 9.87. The molecule has 0 radical (unpaired) electrons. The van der Waals surface area contributed by atoms with E-state index in [1.807, 2.05) is 4.90 Å². The minimum atomic E-state index is 0.0225. The molecule has 0 spiro atoms. The summed E-state index contributed by atoms with van der Waals surface area (Å²) in [7, 11) is 0. The molecule has 1 aliphatic carbocycles. The van der Waals surface area contributed by atoms with Gasteiger partial charge in [0.25, 0.3) is 0 Å². The van der Waals surface area contributed by atoms with Crippen molar-refractivity contribution in [1.82, 2.24) is 0 Å².